The molecule has 3 aliphatic heterocycles. The topological polar surface area (TPSA) is 94.1 Å². The van der Waals surface area contributed by atoms with Crippen LogP contribution in [0.1, 0.15) is 67.8 Å². The second-order valence-electron chi connectivity index (χ2n) is 24.0. The average molecular weight is 1200 g/mol. The lowest BCUT2D eigenvalue weighted by Gasteiger charge is -2.31. The van der Waals surface area contributed by atoms with Gasteiger partial charge >= 0.3 is 18.0 Å². The van der Waals surface area contributed by atoms with Crippen LogP contribution in [0, 0.1) is 0 Å². The highest BCUT2D eigenvalue weighted by Crippen LogP contribution is 2.56. The van der Waals surface area contributed by atoms with Crippen molar-refractivity contribution in [2.75, 3.05) is 0 Å². The van der Waals surface area contributed by atoms with E-state index in [-0.39, 0.29) is 35.8 Å². The molecule has 0 N–H and O–H groups in total. The summed E-state index contributed by atoms with van der Waals surface area (Å²) >= 11 is 0. The van der Waals surface area contributed by atoms with Crippen molar-refractivity contribution < 1.29 is 28.4 Å². The Bertz CT molecular complexity index is 4910. The minimum Gasteiger partial charge on any atom is -0.457 e. The average Bonchev–Trinajstić information content (AvgIpc) is 0.797. The number of benzene rings is 15. The smallest absolute Gasteiger partial charge is 0.331 e. The molecule has 1 aromatic heterocycles. The number of rotatable bonds is 9. The van der Waals surface area contributed by atoms with E-state index in [0.29, 0.717) is 17.2 Å². The third kappa shape index (κ3) is 8.80. The number of hydrogen-bond donors (Lipinski definition) is 0. The van der Waals surface area contributed by atoms with E-state index in [1.54, 1.807) is 0 Å². The number of ether oxygens (including phenoxy) is 6. The number of aromatic nitrogens is 3. The molecule has 0 amide bonds. The van der Waals surface area contributed by atoms with Crippen LogP contribution in [-0.2, 0) is 0 Å². The molecule has 0 bridgehead atoms. The fourth-order valence-corrected chi connectivity index (χ4v) is 14.7. The quantitative estimate of drug-likeness (QED) is 0.140. The van der Waals surface area contributed by atoms with Gasteiger partial charge in [-0.2, -0.15) is 0 Å². The van der Waals surface area contributed by atoms with Crippen LogP contribution >= 0.6 is 0 Å². The first-order valence-electron chi connectivity index (χ1n) is 31.3. The largest absolute Gasteiger partial charge is 0.457 e. The number of fused-ring (bicyclic) bond motifs is 18. The highest BCUT2D eigenvalue weighted by Gasteiger charge is 2.36. The summed E-state index contributed by atoms with van der Waals surface area (Å²) in [6, 6.07) is 101. The van der Waals surface area contributed by atoms with Crippen molar-refractivity contribution in [2.24, 2.45) is 0 Å². The second-order valence-corrected chi connectivity index (χ2v) is 24.0. The van der Waals surface area contributed by atoms with Crippen molar-refractivity contribution in [3.05, 3.63) is 341 Å². The monoisotopic (exact) mass is 1200 g/mol. The molecule has 9 heteroatoms. The molecule has 0 radical (unpaired) electrons. The molecule has 4 heterocycles. The zero-order chi connectivity index (χ0) is 61.1. The minimum absolute atomic E-state index is 0.0157. The van der Waals surface area contributed by atoms with Gasteiger partial charge in [0, 0.05) is 51.1 Å². The molecule has 0 saturated heterocycles. The lowest BCUT2D eigenvalue weighted by atomic mass is 9.78. The van der Waals surface area contributed by atoms with Crippen LogP contribution in [0.5, 0.6) is 69.8 Å². The van der Waals surface area contributed by atoms with Crippen LogP contribution in [0.15, 0.2) is 291 Å². The summed E-state index contributed by atoms with van der Waals surface area (Å²) in [7, 11) is 0. The first-order chi connectivity index (χ1) is 46.0. The van der Waals surface area contributed by atoms with Gasteiger partial charge in [0.25, 0.3) is 0 Å². The summed E-state index contributed by atoms with van der Waals surface area (Å²) in [5.74, 6) is 6.04. The molecule has 19 rings (SSSR count). The summed E-state index contributed by atoms with van der Waals surface area (Å²) in [4.78, 5) is 14.5. The highest BCUT2D eigenvalue weighted by atomic mass is 16.5. The predicted molar refractivity (Wildman–Crippen MR) is 366 cm³/mol. The summed E-state index contributed by atoms with van der Waals surface area (Å²) in [6.45, 7) is 0. The third-order valence-corrected chi connectivity index (χ3v) is 18.8. The van der Waals surface area contributed by atoms with Crippen LogP contribution in [-0.4, -0.2) is 15.0 Å². The van der Waals surface area contributed by atoms with Crippen molar-refractivity contribution in [1.29, 1.82) is 0 Å². The molecule has 0 unspecified atom stereocenters. The Kier molecular flexibility index (Phi) is 12.0. The van der Waals surface area contributed by atoms with E-state index in [2.05, 4.69) is 255 Å². The van der Waals surface area contributed by atoms with Crippen LogP contribution in [0.25, 0.3) is 64.6 Å². The van der Waals surface area contributed by atoms with E-state index in [1.807, 2.05) is 36.4 Å². The van der Waals surface area contributed by atoms with Crippen molar-refractivity contribution in [3.63, 3.8) is 0 Å². The number of nitrogens with zero attached hydrogens (tertiary/aromatic N) is 3. The molecule has 0 saturated carbocycles. The molecular formula is C84H51N3O6. The van der Waals surface area contributed by atoms with E-state index in [9.17, 15) is 0 Å². The number of hydrogen-bond acceptors (Lipinski definition) is 9. The van der Waals surface area contributed by atoms with Gasteiger partial charge in [-0.05, 0) is 154 Å². The van der Waals surface area contributed by atoms with E-state index < -0.39 is 0 Å². The fourth-order valence-electron chi connectivity index (χ4n) is 14.7. The molecule has 9 nitrogen and oxygen atoms in total. The maximum atomic E-state index is 6.75. The fraction of sp³-hybridized carbons (Fsp3) is 0.0357. The van der Waals surface area contributed by atoms with Gasteiger partial charge in [0.15, 0.2) is 0 Å². The molecule has 16 aromatic rings. The molecule has 3 aliphatic rings. The van der Waals surface area contributed by atoms with Gasteiger partial charge in [0.05, 0.1) is 0 Å². The van der Waals surface area contributed by atoms with Gasteiger partial charge in [-0.1, -0.05) is 218 Å². The molecule has 0 aliphatic carbocycles. The van der Waals surface area contributed by atoms with E-state index >= 15 is 0 Å². The first kappa shape index (κ1) is 52.6. The normalized spacial score (nSPS) is 13.3. The second kappa shape index (κ2) is 21.2. The SMILES string of the molecule is c1ccc2c3c(ccc2c1)Oc1ccc2ccccc2c1C3c1ccc(Oc2nc(Oc3ccc(C4c5c(ccc6ccccc56)Oc5ccc6ccccc6c54)cc3)nc(Oc3ccc(C4c5c(ccc6ccccc56)Oc5ccc6ccccc6c54)cc3)n2)cc1. The third-order valence-electron chi connectivity index (χ3n) is 18.8. The lowest BCUT2D eigenvalue weighted by molar-refractivity contribution is 0.362. The molecule has 15 aromatic carbocycles. The maximum Gasteiger partial charge on any atom is 0.331 e. The van der Waals surface area contributed by atoms with Crippen LogP contribution in [0.4, 0.5) is 0 Å². The molecular weight excluding hydrogens is 1150 g/mol. The molecule has 0 fully saturated rings. The Hall–Kier alpha value is -12.3. The van der Waals surface area contributed by atoms with Gasteiger partial charge in [0.2, 0.25) is 0 Å². The van der Waals surface area contributed by atoms with Gasteiger partial charge in [-0.25, -0.2) is 0 Å². The van der Waals surface area contributed by atoms with Crippen molar-refractivity contribution in [1.82, 2.24) is 15.0 Å². The summed E-state index contributed by atoms with van der Waals surface area (Å²) in [5.41, 5.74) is 9.88. The Labute approximate surface area is 533 Å². The van der Waals surface area contributed by atoms with Crippen LogP contribution in [0.2, 0.25) is 0 Å². The maximum absolute atomic E-state index is 6.75. The Balaban J connectivity index is 0.695. The predicted octanol–water partition coefficient (Wildman–Crippen LogP) is 22.0. The van der Waals surface area contributed by atoms with E-state index in [1.165, 1.54) is 0 Å². The van der Waals surface area contributed by atoms with E-state index in [0.717, 1.165) is 149 Å². The summed E-state index contributed by atoms with van der Waals surface area (Å²) < 4.78 is 40.2. The minimum atomic E-state index is -0.158. The van der Waals surface area contributed by atoms with Gasteiger partial charge < -0.3 is 28.4 Å². The summed E-state index contributed by atoms with van der Waals surface area (Å²) in [5, 5.41) is 13.7. The van der Waals surface area contributed by atoms with Gasteiger partial charge in [-0.15, -0.1) is 15.0 Å². The van der Waals surface area contributed by atoms with Crippen molar-refractivity contribution in [3.8, 4) is 69.8 Å². The highest BCUT2D eigenvalue weighted by molar-refractivity contribution is 5.98. The van der Waals surface area contributed by atoms with Crippen LogP contribution < -0.4 is 28.4 Å². The zero-order valence-corrected chi connectivity index (χ0v) is 49.7. The van der Waals surface area contributed by atoms with Gasteiger partial charge in [0.1, 0.15) is 51.7 Å². The Morgan fingerprint density at radius 2 is 0.398 bits per heavy atom. The molecule has 0 spiro atoms. The molecule has 438 valence electrons. The summed E-state index contributed by atoms with van der Waals surface area (Å²) in [6.07, 6.45) is 0. The zero-order valence-electron chi connectivity index (χ0n) is 49.7. The Morgan fingerprint density at radius 1 is 0.204 bits per heavy atom. The first-order valence-corrected chi connectivity index (χ1v) is 31.3. The molecule has 0 atom stereocenters. The van der Waals surface area contributed by atoms with Crippen molar-refractivity contribution in [2.45, 2.75) is 17.8 Å². The lowest BCUT2D eigenvalue weighted by Crippen LogP contribution is -2.13. The van der Waals surface area contributed by atoms with E-state index in [4.69, 9.17) is 43.4 Å². The van der Waals surface area contributed by atoms with Crippen LogP contribution in [0.3, 0.4) is 0 Å². The van der Waals surface area contributed by atoms with Crippen molar-refractivity contribution >= 4 is 64.6 Å². The Morgan fingerprint density at radius 3 is 0.602 bits per heavy atom. The molecule has 93 heavy (non-hydrogen) atoms. The standard InChI is InChI=1S/C84H51N3O6/c1-7-19-61-49(13-1)31-43-67-76(61)73(77-62-20-8-2-14-50(62)32-44-68(77)91-67)55-25-37-58(38-26-55)88-82-85-83(89-59-39-27-56(28-40-59)74-78-63-21-9-3-15-51(63)33-45-69(78)92-70-46-34-52-16-4-10-22-64(52)79(70)74)87-84(86-82)90-60-41-29-57(30-42-60)75-80-65-23-11-5-17-53(65)35-47-71(80)93-72-48-36-54-18-6-12-24-66(54)81(72)75/h1-48,73-75H. The van der Waals surface area contributed by atoms with Gasteiger partial charge in [-0.3, -0.25) is 0 Å².